The molecule has 0 aliphatic carbocycles. The predicted molar refractivity (Wildman–Crippen MR) is 101 cm³/mol. The van der Waals surface area contributed by atoms with E-state index >= 15 is 0 Å². The Hall–Kier alpha value is -1.93. The predicted octanol–water partition coefficient (Wildman–Crippen LogP) is 2.17. The summed E-state index contributed by atoms with van der Waals surface area (Å²) in [6.07, 6.45) is 3.65. The zero-order valence-electron chi connectivity index (χ0n) is 15.6. The zero-order chi connectivity index (χ0) is 19.4. The van der Waals surface area contributed by atoms with Crippen molar-refractivity contribution < 1.29 is 22.7 Å². The molecule has 2 saturated heterocycles. The number of amides is 1. The van der Waals surface area contributed by atoms with Gasteiger partial charge in [0.05, 0.1) is 17.4 Å². The number of nitrogens with zero attached hydrogens (tertiary/aromatic N) is 2. The Labute approximate surface area is 160 Å². The van der Waals surface area contributed by atoms with Crippen molar-refractivity contribution in [1.82, 2.24) is 4.31 Å². The third kappa shape index (κ3) is 4.32. The number of hydrogen-bond acceptors (Lipinski definition) is 5. The van der Waals surface area contributed by atoms with Crippen LogP contribution in [-0.2, 0) is 24.3 Å². The molecule has 7 nitrogen and oxygen atoms in total. The molecule has 0 bridgehead atoms. The molecule has 3 rings (SSSR count). The first kappa shape index (κ1) is 19.8. The van der Waals surface area contributed by atoms with Gasteiger partial charge in [-0.15, -0.1) is 0 Å². The number of benzene rings is 1. The number of carbonyl (C=O) groups is 2. The van der Waals surface area contributed by atoms with E-state index in [4.69, 9.17) is 4.74 Å². The molecule has 0 radical (unpaired) electrons. The largest absolute Gasteiger partial charge is 0.466 e. The minimum atomic E-state index is -3.68. The van der Waals surface area contributed by atoms with Crippen molar-refractivity contribution in [2.75, 3.05) is 31.1 Å². The van der Waals surface area contributed by atoms with Gasteiger partial charge in [0.25, 0.3) is 0 Å². The highest BCUT2D eigenvalue weighted by Gasteiger charge is 2.34. The maximum Gasteiger partial charge on any atom is 0.310 e. The van der Waals surface area contributed by atoms with E-state index in [-0.39, 0.29) is 23.3 Å². The van der Waals surface area contributed by atoms with Gasteiger partial charge in [-0.25, -0.2) is 8.42 Å². The summed E-state index contributed by atoms with van der Waals surface area (Å²) in [5.41, 5.74) is 0.724. The lowest BCUT2D eigenvalue weighted by Gasteiger charge is -2.31. The number of ether oxygens (including phenoxy) is 1. The average Bonchev–Trinajstić information content (AvgIpc) is 2.69. The molecular formula is C19H26N2O5S. The maximum atomic E-state index is 13.0. The smallest absolute Gasteiger partial charge is 0.310 e. The van der Waals surface area contributed by atoms with Gasteiger partial charge in [-0.2, -0.15) is 4.31 Å². The lowest BCUT2D eigenvalue weighted by Crippen LogP contribution is -2.42. The van der Waals surface area contributed by atoms with Crippen LogP contribution in [0.2, 0.25) is 0 Å². The summed E-state index contributed by atoms with van der Waals surface area (Å²) in [4.78, 5) is 25.9. The molecule has 0 unspecified atom stereocenters. The third-order valence-corrected chi connectivity index (χ3v) is 6.99. The number of rotatable bonds is 5. The highest BCUT2D eigenvalue weighted by molar-refractivity contribution is 7.89. The Bertz CT molecular complexity index is 791. The molecule has 2 aliphatic rings. The lowest BCUT2D eigenvalue weighted by atomic mass is 10.0. The number of piperidine rings is 2. The van der Waals surface area contributed by atoms with Crippen LogP contribution in [-0.4, -0.2) is 50.8 Å². The molecule has 1 aromatic carbocycles. The van der Waals surface area contributed by atoms with Gasteiger partial charge in [-0.1, -0.05) is 0 Å². The van der Waals surface area contributed by atoms with E-state index in [1.54, 1.807) is 36.1 Å². The van der Waals surface area contributed by atoms with Crippen LogP contribution in [0, 0.1) is 5.92 Å². The van der Waals surface area contributed by atoms with Crippen molar-refractivity contribution in [3.63, 3.8) is 0 Å². The second-order valence-electron chi connectivity index (χ2n) is 6.95. The fraction of sp³-hybridized carbons (Fsp3) is 0.579. The topological polar surface area (TPSA) is 84.0 Å². The van der Waals surface area contributed by atoms with Gasteiger partial charge in [-0.3, -0.25) is 9.59 Å². The van der Waals surface area contributed by atoms with E-state index in [1.165, 1.54) is 4.31 Å². The Morgan fingerprint density at radius 1 is 1.15 bits per heavy atom. The fourth-order valence-electron chi connectivity index (χ4n) is 3.64. The van der Waals surface area contributed by atoms with Crippen LogP contribution in [0.25, 0.3) is 0 Å². The average molecular weight is 394 g/mol. The number of esters is 1. The van der Waals surface area contributed by atoms with E-state index in [0.717, 1.165) is 18.5 Å². The van der Waals surface area contributed by atoms with Gasteiger partial charge < -0.3 is 9.64 Å². The third-order valence-electron chi connectivity index (χ3n) is 5.11. The van der Waals surface area contributed by atoms with Crippen LogP contribution in [0.5, 0.6) is 0 Å². The first-order valence-corrected chi connectivity index (χ1v) is 10.9. The molecule has 2 fully saturated rings. The van der Waals surface area contributed by atoms with Gasteiger partial charge in [0.15, 0.2) is 0 Å². The van der Waals surface area contributed by atoms with Crippen molar-refractivity contribution in [3.05, 3.63) is 24.3 Å². The highest BCUT2D eigenvalue weighted by Crippen LogP contribution is 2.27. The van der Waals surface area contributed by atoms with E-state index in [2.05, 4.69) is 0 Å². The second kappa shape index (κ2) is 8.39. The molecule has 148 valence electrons. The first-order chi connectivity index (χ1) is 12.9. The summed E-state index contributed by atoms with van der Waals surface area (Å²) >= 11 is 0. The van der Waals surface area contributed by atoms with Gasteiger partial charge in [-0.05, 0) is 56.9 Å². The van der Waals surface area contributed by atoms with Crippen molar-refractivity contribution >= 4 is 27.6 Å². The lowest BCUT2D eigenvalue weighted by molar-refractivity contribution is -0.149. The molecule has 1 aromatic rings. The summed E-state index contributed by atoms with van der Waals surface area (Å²) in [5.74, 6) is -0.680. The summed E-state index contributed by atoms with van der Waals surface area (Å²) in [5, 5.41) is 0. The highest BCUT2D eigenvalue weighted by atomic mass is 32.2. The molecule has 1 atom stereocenters. The molecule has 27 heavy (non-hydrogen) atoms. The quantitative estimate of drug-likeness (QED) is 0.715. The number of sulfonamides is 1. The van der Waals surface area contributed by atoms with Gasteiger partial charge in [0.2, 0.25) is 15.9 Å². The second-order valence-corrected chi connectivity index (χ2v) is 8.89. The normalized spacial score (nSPS) is 21.9. The molecule has 0 aromatic heterocycles. The van der Waals surface area contributed by atoms with Crippen molar-refractivity contribution in [2.24, 2.45) is 5.92 Å². The summed E-state index contributed by atoms with van der Waals surface area (Å²) < 4.78 is 32.3. The zero-order valence-corrected chi connectivity index (χ0v) is 16.4. The van der Waals surface area contributed by atoms with Crippen molar-refractivity contribution in [3.8, 4) is 0 Å². The van der Waals surface area contributed by atoms with Crippen LogP contribution in [0.1, 0.15) is 39.0 Å². The van der Waals surface area contributed by atoms with Crippen molar-refractivity contribution in [1.29, 1.82) is 0 Å². The molecular weight excluding hydrogens is 368 g/mol. The SMILES string of the molecule is CCOC(=O)[C@H]1CCCN(S(=O)(=O)c2ccc(N3CCCCC3=O)cc2)C1. The number of hydrogen-bond donors (Lipinski definition) is 0. The van der Waals surface area contributed by atoms with Crippen LogP contribution in [0.3, 0.4) is 0 Å². The van der Waals surface area contributed by atoms with E-state index < -0.39 is 15.9 Å². The summed E-state index contributed by atoms with van der Waals surface area (Å²) in [6.45, 7) is 3.24. The minimum absolute atomic E-state index is 0.0742. The van der Waals surface area contributed by atoms with Crippen LogP contribution < -0.4 is 4.90 Å². The molecule has 2 heterocycles. The van der Waals surface area contributed by atoms with Crippen LogP contribution in [0.15, 0.2) is 29.2 Å². The molecule has 2 aliphatic heterocycles. The molecule has 0 saturated carbocycles. The minimum Gasteiger partial charge on any atom is -0.466 e. The monoisotopic (exact) mass is 394 g/mol. The molecule has 0 spiro atoms. The first-order valence-electron chi connectivity index (χ1n) is 9.50. The van der Waals surface area contributed by atoms with Crippen LogP contribution in [0.4, 0.5) is 5.69 Å². The van der Waals surface area contributed by atoms with Gasteiger partial charge in [0, 0.05) is 31.7 Å². The van der Waals surface area contributed by atoms with Crippen LogP contribution >= 0.6 is 0 Å². The molecule has 8 heteroatoms. The molecule has 1 amide bonds. The summed E-state index contributed by atoms with van der Waals surface area (Å²) in [6, 6.07) is 6.45. The van der Waals surface area contributed by atoms with E-state index in [1.807, 2.05) is 0 Å². The van der Waals surface area contributed by atoms with E-state index in [0.29, 0.717) is 39.0 Å². The molecule has 0 N–H and O–H groups in total. The summed E-state index contributed by atoms with van der Waals surface area (Å²) in [7, 11) is -3.68. The Kier molecular flexibility index (Phi) is 6.16. The van der Waals surface area contributed by atoms with Gasteiger partial charge >= 0.3 is 5.97 Å². The Morgan fingerprint density at radius 3 is 2.56 bits per heavy atom. The standard InChI is InChI=1S/C19H26N2O5S/c1-2-26-19(23)15-6-5-12-20(14-15)27(24,25)17-10-8-16(9-11-17)21-13-4-3-7-18(21)22/h8-11,15H,2-7,12-14H2,1H3/t15-/m0/s1. The Morgan fingerprint density at radius 2 is 1.89 bits per heavy atom. The maximum absolute atomic E-state index is 13.0. The Balaban J connectivity index is 1.74. The fourth-order valence-corrected chi connectivity index (χ4v) is 5.16. The van der Waals surface area contributed by atoms with Crippen molar-refractivity contribution in [2.45, 2.75) is 43.9 Å². The van der Waals surface area contributed by atoms with E-state index in [9.17, 15) is 18.0 Å². The number of anilines is 1. The van der Waals surface area contributed by atoms with Gasteiger partial charge in [0.1, 0.15) is 0 Å². The number of carbonyl (C=O) groups excluding carboxylic acids is 2.